The number of allylic oxidation sites excluding steroid dienone is 1. The van der Waals surface area contributed by atoms with E-state index in [-0.39, 0.29) is 10.5 Å². The molecule has 3 rings (SSSR count). The fourth-order valence-electron chi connectivity index (χ4n) is 2.61. The van der Waals surface area contributed by atoms with E-state index in [4.69, 9.17) is 11.6 Å². The maximum atomic E-state index is 13.1. The van der Waals surface area contributed by atoms with Gasteiger partial charge in [0.1, 0.15) is 16.8 Å². The zero-order valence-electron chi connectivity index (χ0n) is 15.3. The van der Waals surface area contributed by atoms with Crippen molar-refractivity contribution in [2.45, 2.75) is 4.90 Å². The maximum absolute atomic E-state index is 13.1. The summed E-state index contributed by atoms with van der Waals surface area (Å²) in [5, 5.41) is 12.4. The lowest BCUT2D eigenvalue weighted by molar-refractivity contribution is 0.102. The molecule has 0 atom stereocenters. The smallest absolute Gasteiger partial charge is 0.257 e. The summed E-state index contributed by atoms with van der Waals surface area (Å²) in [6.07, 6.45) is 1.18. The highest BCUT2D eigenvalue weighted by Crippen LogP contribution is 2.23. The van der Waals surface area contributed by atoms with Crippen molar-refractivity contribution in [1.82, 2.24) is 0 Å². The van der Waals surface area contributed by atoms with E-state index in [1.54, 1.807) is 48.5 Å². The molecule has 3 aromatic rings. The lowest BCUT2D eigenvalue weighted by atomic mass is 10.1. The minimum Gasteiger partial charge on any atom is -0.322 e. The average molecular weight is 441 g/mol. The molecule has 0 unspecified atom stereocenters. The summed E-state index contributed by atoms with van der Waals surface area (Å²) in [5.74, 6) is -1.01. The van der Waals surface area contributed by atoms with Gasteiger partial charge in [-0.3, -0.25) is 4.79 Å². The van der Waals surface area contributed by atoms with E-state index < -0.39 is 26.5 Å². The molecule has 0 fully saturated rings. The molecule has 150 valence electrons. The molecular formula is C22H14ClFN2O3S. The Bertz CT molecular complexity index is 1280. The number of sulfone groups is 1. The van der Waals surface area contributed by atoms with E-state index in [1.165, 1.54) is 12.1 Å². The molecule has 1 amide bonds. The van der Waals surface area contributed by atoms with Crippen molar-refractivity contribution in [1.29, 1.82) is 5.26 Å². The van der Waals surface area contributed by atoms with Gasteiger partial charge < -0.3 is 5.32 Å². The van der Waals surface area contributed by atoms with Gasteiger partial charge in [0.05, 0.1) is 15.5 Å². The molecule has 0 aliphatic heterocycles. The maximum Gasteiger partial charge on any atom is 0.257 e. The second kappa shape index (κ2) is 8.91. The van der Waals surface area contributed by atoms with Gasteiger partial charge in [0.2, 0.25) is 9.84 Å². The number of rotatable bonds is 5. The van der Waals surface area contributed by atoms with E-state index in [0.717, 1.165) is 24.3 Å². The third-order valence-electron chi connectivity index (χ3n) is 4.08. The number of halogens is 2. The number of nitriles is 1. The molecule has 1 N–H and O–H groups in total. The van der Waals surface area contributed by atoms with Crippen LogP contribution in [-0.2, 0) is 9.84 Å². The van der Waals surface area contributed by atoms with Crippen molar-refractivity contribution in [3.63, 3.8) is 0 Å². The van der Waals surface area contributed by atoms with Crippen molar-refractivity contribution in [3.8, 4) is 6.07 Å². The number of hydrogen-bond acceptors (Lipinski definition) is 4. The number of amides is 1. The van der Waals surface area contributed by atoms with Crippen molar-refractivity contribution < 1.29 is 17.6 Å². The average Bonchev–Trinajstić information content (AvgIpc) is 2.72. The molecule has 0 saturated carbocycles. The highest BCUT2D eigenvalue weighted by atomic mass is 35.5. The molecule has 0 aromatic heterocycles. The zero-order valence-corrected chi connectivity index (χ0v) is 16.9. The van der Waals surface area contributed by atoms with Crippen molar-refractivity contribution >= 4 is 39.1 Å². The van der Waals surface area contributed by atoms with Crippen LogP contribution in [0.25, 0.3) is 6.08 Å². The number of anilines is 1. The quantitative estimate of drug-likeness (QED) is 0.443. The van der Waals surface area contributed by atoms with Crippen molar-refractivity contribution in [2.24, 2.45) is 0 Å². The second-order valence-corrected chi connectivity index (χ2v) is 8.46. The van der Waals surface area contributed by atoms with Gasteiger partial charge in [-0.15, -0.1) is 0 Å². The Morgan fingerprint density at radius 3 is 2.40 bits per heavy atom. The lowest BCUT2D eigenvalue weighted by Gasteiger charge is -2.08. The molecule has 0 spiro atoms. The number of nitrogens with one attached hydrogen (secondary N) is 1. The Morgan fingerprint density at radius 1 is 1.03 bits per heavy atom. The van der Waals surface area contributed by atoms with Crippen LogP contribution in [0.15, 0.2) is 82.6 Å². The van der Waals surface area contributed by atoms with Crippen LogP contribution >= 0.6 is 11.6 Å². The summed E-state index contributed by atoms with van der Waals surface area (Å²) < 4.78 is 38.4. The van der Waals surface area contributed by atoms with Crippen molar-refractivity contribution in [3.05, 3.63) is 99.7 Å². The summed E-state index contributed by atoms with van der Waals surface area (Å²) in [6, 6.07) is 18.8. The van der Waals surface area contributed by atoms with E-state index >= 15 is 0 Å². The number of nitrogens with zero attached hydrogens (tertiary/aromatic N) is 1. The molecule has 0 aliphatic carbocycles. The summed E-state index contributed by atoms with van der Waals surface area (Å²) in [5.41, 5.74) is 1.07. The number of hydrogen-bond donors (Lipinski definition) is 1. The first-order valence-electron chi connectivity index (χ1n) is 8.59. The number of benzene rings is 3. The van der Waals surface area contributed by atoms with Gasteiger partial charge >= 0.3 is 0 Å². The van der Waals surface area contributed by atoms with Crippen LogP contribution in [0.2, 0.25) is 5.02 Å². The molecule has 3 aromatic carbocycles. The molecular weight excluding hydrogens is 427 g/mol. The van der Waals surface area contributed by atoms with E-state index in [9.17, 15) is 22.9 Å². The van der Waals surface area contributed by atoms with Gasteiger partial charge in [-0.2, -0.15) is 5.26 Å². The predicted octanol–water partition coefficient (Wildman–Crippen LogP) is 5.07. The Morgan fingerprint density at radius 2 is 1.73 bits per heavy atom. The van der Waals surface area contributed by atoms with Gasteiger partial charge in [0, 0.05) is 5.69 Å². The van der Waals surface area contributed by atoms with Crippen LogP contribution in [0, 0.1) is 17.1 Å². The van der Waals surface area contributed by atoms with Gasteiger partial charge in [0.15, 0.2) is 0 Å². The summed E-state index contributed by atoms with van der Waals surface area (Å²) >= 11 is 6.03. The van der Waals surface area contributed by atoms with Gasteiger partial charge in [-0.05, 0) is 60.2 Å². The Kier molecular flexibility index (Phi) is 6.31. The molecule has 0 radical (unpaired) electrons. The van der Waals surface area contributed by atoms with Crippen molar-refractivity contribution in [2.75, 3.05) is 5.32 Å². The predicted molar refractivity (Wildman–Crippen MR) is 113 cm³/mol. The molecule has 30 heavy (non-hydrogen) atoms. The van der Waals surface area contributed by atoms with Crippen LogP contribution in [0.5, 0.6) is 0 Å². The minimum absolute atomic E-state index is 0.195. The normalized spacial score (nSPS) is 11.6. The van der Waals surface area contributed by atoms with Crippen LogP contribution in [0.4, 0.5) is 10.1 Å². The first-order chi connectivity index (χ1) is 14.3. The second-order valence-electron chi connectivity index (χ2n) is 6.14. The topological polar surface area (TPSA) is 87.0 Å². The standard InChI is InChI=1S/C22H14ClFN2O3S/c23-21-7-2-1-6-20(21)22(27)26-17-5-3-4-15(12-17)13-19(14-25)30(28,29)18-10-8-16(24)9-11-18/h1-13H,(H,26,27). The highest BCUT2D eigenvalue weighted by molar-refractivity contribution is 7.95. The van der Waals surface area contributed by atoms with Gasteiger partial charge in [-0.25, -0.2) is 12.8 Å². The molecule has 0 aliphatic rings. The summed E-state index contributed by atoms with van der Waals surface area (Å²) in [6.45, 7) is 0. The Hall–Kier alpha value is -3.47. The Balaban J connectivity index is 1.90. The first-order valence-corrected chi connectivity index (χ1v) is 10.5. The number of carbonyl (C=O) groups excluding carboxylic acids is 1. The minimum atomic E-state index is -4.12. The van der Waals surface area contributed by atoms with Crippen LogP contribution in [-0.4, -0.2) is 14.3 Å². The lowest BCUT2D eigenvalue weighted by Crippen LogP contribution is -2.12. The fourth-order valence-corrected chi connectivity index (χ4v) is 3.99. The van der Waals surface area contributed by atoms with Gasteiger partial charge in [-0.1, -0.05) is 35.9 Å². The van der Waals surface area contributed by atoms with E-state index in [2.05, 4.69) is 5.32 Å². The molecule has 0 saturated heterocycles. The highest BCUT2D eigenvalue weighted by Gasteiger charge is 2.21. The number of carbonyl (C=O) groups is 1. The van der Waals surface area contributed by atoms with Crippen LogP contribution < -0.4 is 5.32 Å². The molecule has 0 bridgehead atoms. The largest absolute Gasteiger partial charge is 0.322 e. The summed E-state index contributed by atoms with van der Waals surface area (Å²) in [4.78, 5) is 11.7. The third kappa shape index (κ3) is 4.74. The first kappa shape index (κ1) is 21.2. The van der Waals surface area contributed by atoms with Gasteiger partial charge in [0.25, 0.3) is 5.91 Å². The molecule has 8 heteroatoms. The SMILES string of the molecule is N#CC(=Cc1cccc(NC(=O)c2ccccc2Cl)c1)S(=O)(=O)c1ccc(F)cc1. The van der Waals surface area contributed by atoms with Crippen LogP contribution in [0.1, 0.15) is 15.9 Å². The monoisotopic (exact) mass is 440 g/mol. The Labute approximate surface area is 178 Å². The van der Waals surface area contributed by atoms with E-state index in [1.807, 2.05) is 0 Å². The van der Waals surface area contributed by atoms with Crippen LogP contribution in [0.3, 0.4) is 0 Å². The summed E-state index contributed by atoms with van der Waals surface area (Å²) in [7, 11) is -4.12. The molecule has 5 nitrogen and oxygen atoms in total. The van der Waals surface area contributed by atoms with E-state index in [0.29, 0.717) is 16.3 Å². The zero-order chi connectivity index (χ0) is 21.7. The fraction of sp³-hybridized carbons (Fsp3) is 0. The molecule has 0 heterocycles. The third-order valence-corrected chi connectivity index (χ3v) is 6.09.